The first-order valence-corrected chi connectivity index (χ1v) is 4.19. The highest BCUT2D eigenvalue weighted by atomic mass is 16.1. The van der Waals surface area contributed by atoms with Crippen molar-refractivity contribution in [3.05, 3.63) is 12.2 Å². The lowest BCUT2D eigenvalue weighted by Crippen LogP contribution is -2.03. The van der Waals surface area contributed by atoms with E-state index in [0.717, 1.165) is 12.8 Å². The van der Waals surface area contributed by atoms with Crippen LogP contribution in [0.5, 0.6) is 0 Å². The van der Waals surface area contributed by atoms with E-state index in [0.29, 0.717) is 18.7 Å². The molecule has 0 atom stereocenters. The van der Waals surface area contributed by atoms with Gasteiger partial charge in [-0.2, -0.15) is 5.10 Å². The Labute approximate surface area is 71.4 Å². The summed E-state index contributed by atoms with van der Waals surface area (Å²) in [4.78, 5) is 15.1. The van der Waals surface area contributed by atoms with Gasteiger partial charge in [0.2, 0.25) is 0 Å². The quantitative estimate of drug-likeness (QED) is 0.714. The van der Waals surface area contributed by atoms with Gasteiger partial charge in [0.25, 0.3) is 0 Å². The second-order valence-electron chi connectivity index (χ2n) is 2.75. The van der Waals surface area contributed by atoms with Crippen LogP contribution < -0.4 is 0 Å². The number of carbonyl (C=O) groups excluding carboxylic acids is 1. The maximum absolute atomic E-state index is 11.2. The number of carbonyl (C=O) groups is 1. The summed E-state index contributed by atoms with van der Waals surface area (Å²) >= 11 is 0. The van der Waals surface area contributed by atoms with E-state index in [4.69, 9.17) is 0 Å². The molecule has 0 saturated heterocycles. The highest BCUT2D eigenvalue weighted by Gasteiger charge is 2.04. The molecule has 12 heavy (non-hydrogen) atoms. The van der Waals surface area contributed by atoms with Gasteiger partial charge in [-0.3, -0.25) is 9.89 Å². The molecule has 0 spiro atoms. The van der Waals surface area contributed by atoms with Gasteiger partial charge in [-0.15, -0.1) is 0 Å². The Hall–Kier alpha value is -1.19. The standard InChI is InChI=1S/C8H13N3O/c1-2-3-4-7(12)5-8-9-6-10-11-8/h6H,2-5H2,1H3,(H,9,10,11). The molecule has 0 amide bonds. The summed E-state index contributed by atoms with van der Waals surface area (Å²) in [6.07, 6.45) is 4.48. The molecule has 66 valence electrons. The third-order valence-corrected chi connectivity index (χ3v) is 1.64. The SMILES string of the molecule is CCCCC(=O)Cc1ncn[nH]1. The molecule has 0 fully saturated rings. The largest absolute Gasteiger partial charge is 0.299 e. The number of H-pyrrole nitrogens is 1. The van der Waals surface area contributed by atoms with Crippen molar-refractivity contribution in [2.45, 2.75) is 32.6 Å². The van der Waals surface area contributed by atoms with Gasteiger partial charge in [-0.05, 0) is 6.42 Å². The van der Waals surface area contributed by atoms with Crippen LogP contribution in [0.1, 0.15) is 32.0 Å². The molecule has 0 saturated carbocycles. The van der Waals surface area contributed by atoms with Gasteiger partial charge in [-0.25, -0.2) is 4.98 Å². The molecule has 1 N–H and O–H groups in total. The first kappa shape index (κ1) is 8.90. The molecular formula is C8H13N3O. The van der Waals surface area contributed by atoms with E-state index in [9.17, 15) is 4.79 Å². The van der Waals surface area contributed by atoms with Gasteiger partial charge >= 0.3 is 0 Å². The third-order valence-electron chi connectivity index (χ3n) is 1.64. The van der Waals surface area contributed by atoms with Gasteiger partial charge in [0, 0.05) is 6.42 Å². The molecule has 0 aromatic carbocycles. The summed E-state index contributed by atoms with van der Waals surface area (Å²) in [5.41, 5.74) is 0. The highest BCUT2D eigenvalue weighted by Crippen LogP contribution is 1.99. The molecule has 1 aromatic rings. The Balaban J connectivity index is 2.27. The number of ketones is 1. The van der Waals surface area contributed by atoms with Crippen LogP contribution in [0.4, 0.5) is 0 Å². The molecule has 4 heteroatoms. The zero-order valence-corrected chi connectivity index (χ0v) is 7.21. The molecule has 1 heterocycles. The fourth-order valence-corrected chi connectivity index (χ4v) is 0.965. The maximum atomic E-state index is 11.2. The summed E-state index contributed by atoms with van der Waals surface area (Å²) in [6, 6.07) is 0. The van der Waals surface area contributed by atoms with Gasteiger partial charge in [0.15, 0.2) is 0 Å². The molecule has 1 aromatic heterocycles. The van der Waals surface area contributed by atoms with E-state index in [2.05, 4.69) is 22.1 Å². The predicted molar refractivity (Wildman–Crippen MR) is 44.6 cm³/mol. The van der Waals surface area contributed by atoms with Crippen LogP contribution in [0.3, 0.4) is 0 Å². The van der Waals surface area contributed by atoms with Gasteiger partial charge < -0.3 is 0 Å². The lowest BCUT2D eigenvalue weighted by molar-refractivity contribution is -0.118. The Morgan fingerprint density at radius 2 is 2.50 bits per heavy atom. The molecule has 0 unspecified atom stereocenters. The monoisotopic (exact) mass is 167 g/mol. The van der Waals surface area contributed by atoms with Gasteiger partial charge in [0.05, 0.1) is 6.42 Å². The highest BCUT2D eigenvalue weighted by molar-refractivity contribution is 5.79. The van der Waals surface area contributed by atoms with Crippen molar-refractivity contribution in [3.63, 3.8) is 0 Å². The molecule has 1 rings (SSSR count). The van der Waals surface area contributed by atoms with Gasteiger partial charge in [-0.1, -0.05) is 13.3 Å². The predicted octanol–water partition coefficient (Wildman–Crippen LogP) is 1.11. The number of aromatic amines is 1. The molecule has 0 aliphatic rings. The summed E-state index contributed by atoms with van der Waals surface area (Å²) in [5, 5.41) is 6.33. The van der Waals surface area contributed by atoms with Crippen molar-refractivity contribution in [1.82, 2.24) is 15.2 Å². The van der Waals surface area contributed by atoms with Crippen LogP contribution >= 0.6 is 0 Å². The van der Waals surface area contributed by atoms with Crippen LogP contribution in [0.15, 0.2) is 6.33 Å². The minimum atomic E-state index is 0.230. The van der Waals surface area contributed by atoms with Crippen molar-refractivity contribution < 1.29 is 4.79 Å². The minimum Gasteiger partial charge on any atom is -0.299 e. The van der Waals surface area contributed by atoms with Crippen LogP contribution in [-0.2, 0) is 11.2 Å². The lowest BCUT2D eigenvalue weighted by Gasteiger charge is -1.95. The Morgan fingerprint density at radius 3 is 3.08 bits per heavy atom. The molecular weight excluding hydrogens is 154 g/mol. The van der Waals surface area contributed by atoms with E-state index in [1.165, 1.54) is 6.33 Å². The van der Waals surface area contributed by atoms with Crippen LogP contribution in [0, 0.1) is 0 Å². The van der Waals surface area contributed by atoms with E-state index in [-0.39, 0.29) is 5.78 Å². The van der Waals surface area contributed by atoms with Crippen molar-refractivity contribution in [1.29, 1.82) is 0 Å². The summed E-state index contributed by atoms with van der Waals surface area (Å²) < 4.78 is 0. The summed E-state index contributed by atoms with van der Waals surface area (Å²) in [5.74, 6) is 0.893. The number of aromatic nitrogens is 3. The Morgan fingerprint density at radius 1 is 1.67 bits per heavy atom. The zero-order chi connectivity index (χ0) is 8.81. The first-order chi connectivity index (χ1) is 5.83. The van der Waals surface area contributed by atoms with Crippen LogP contribution in [0.25, 0.3) is 0 Å². The minimum absolute atomic E-state index is 0.230. The number of hydrogen-bond donors (Lipinski definition) is 1. The number of hydrogen-bond acceptors (Lipinski definition) is 3. The second kappa shape index (κ2) is 4.64. The van der Waals surface area contributed by atoms with Crippen LogP contribution in [0.2, 0.25) is 0 Å². The van der Waals surface area contributed by atoms with Gasteiger partial charge in [0.1, 0.15) is 17.9 Å². The zero-order valence-electron chi connectivity index (χ0n) is 7.21. The number of nitrogens with zero attached hydrogens (tertiary/aromatic N) is 2. The summed E-state index contributed by atoms with van der Waals surface area (Å²) in [6.45, 7) is 2.07. The van der Waals surface area contributed by atoms with Crippen molar-refractivity contribution in [2.24, 2.45) is 0 Å². The molecule has 0 aliphatic heterocycles. The number of rotatable bonds is 5. The fourth-order valence-electron chi connectivity index (χ4n) is 0.965. The normalized spacial score (nSPS) is 10.1. The third kappa shape index (κ3) is 2.82. The van der Waals surface area contributed by atoms with Crippen LogP contribution in [-0.4, -0.2) is 21.0 Å². The number of unbranched alkanes of at least 4 members (excludes halogenated alkanes) is 1. The van der Waals surface area contributed by atoms with Crippen molar-refractivity contribution in [2.75, 3.05) is 0 Å². The van der Waals surface area contributed by atoms with Crippen molar-refractivity contribution in [3.8, 4) is 0 Å². The second-order valence-corrected chi connectivity index (χ2v) is 2.75. The Bertz CT molecular complexity index is 230. The average molecular weight is 167 g/mol. The van der Waals surface area contributed by atoms with E-state index in [1.54, 1.807) is 0 Å². The molecule has 0 bridgehead atoms. The number of Topliss-reactive ketones (excluding diaryl/α,β-unsaturated/α-hetero) is 1. The lowest BCUT2D eigenvalue weighted by atomic mass is 10.1. The van der Waals surface area contributed by atoms with E-state index >= 15 is 0 Å². The smallest absolute Gasteiger partial charge is 0.140 e. The van der Waals surface area contributed by atoms with Crippen molar-refractivity contribution >= 4 is 5.78 Å². The average Bonchev–Trinajstić information content (AvgIpc) is 2.53. The summed E-state index contributed by atoms with van der Waals surface area (Å²) in [7, 11) is 0. The fraction of sp³-hybridized carbons (Fsp3) is 0.625. The first-order valence-electron chi connectivity index (χ1n) is 4.19. The molecule has 0 radical (unpaired) electrons. The maximum Gasteiger partial charge on any atom is 0.140 e. The molecule has 4 nitrogen and oxygen atoms in total. The van der Waals surface area contributed by atoms with E-state index in [1.807, 2.05) is 0 Å². The topological polar surface area (TPSA) is 58.6 Å². The molecule has 0 aliphatic carbocycles. The Kier molecular flexibility index (Phi) is 3.44. The van der Waals surface area contributed by atoms with E-state index < -0.39 is 0 Å². The number of nitrogens with one attached hydrogen (secondary N) is 1.